The first-order chi connectivity index (χ1) is 8.16. The van der Waals surface area contributed by atoms with Crippen LogP contribution in [0.25, 0.3) is 0 Å². The van der Waals surface area contributed by atoms with Crippen LogP contribution in [0.15, 0.2) is 35.2 Å². The van der Waals surface area contributed by atoms with Crippen LogP contribution < -0.4 is 5.32 Å². The number of non-ortho nitro benzene ring substituents is 1. The van der Waals surface area contributed by atoms with E-state index >= 15 is 0 Å². The minimum absolute atomic E-state index is 0.0654. The van der Waals surface area contributed by atoms with Crippen LogP contribution in [0.2, 0.25) is 0 Å². The quantitative estimate of drug-likeness (QED) is 0.648. The fraction of sp³-hybridized carbons (Fsp3) is 0.182. The summed E-state index contributed by atoms with van der Waals surface area (Å²) in [6, 6.07) is 4.70. The normalized spacial score (nSPS) is 10.2. The fourth-order valence-electron chi connectivity index (χ4n) is 1.43. The fourth-order valence-corrected chi connectivity index (χ4v) is 1.43. The minimum atomic E-state index is -0.418. The molecule has 0 radical (unpaired) electrons. The van der Waals surface area contributed by atoms with Crippen molar-refractivity contribution in [1.82, 2.24) is 4.98 Å². The van der Waals surface area contributed by atoms with E-state index in [2.05, 4.69) is 10.3 Å². The monoisotopic (exact) mass is 233 g/mol. The van der Waals surface area contributed by atoms with Crippen molar-refractivity contribution in [2.45, 2.75) is 13.5 Å². The summed E-state index contributed by atoms with van der Waals surface area (Å²) in [5.41, 5.74) is 1.72. The van der Waals surface area contributed by atoms with Crippen LogP contribution in [0.3, 0.4) is 0 Å². The Morgan fingerprint density at radius 1 is 1.53 bits per heavy atom. The van der Waals surface area contributed by atoms with E-state index in [1.807, 2.05) is 6.92 Å². The molecule has 0 spiro atoms. The van der Waals surface area contributed by atoms with Gasteiger partial charge in [-0.2, -0.15) is 0 Å². The van der Waals surface area contributed by atoms with Crippen LogP contribution >= 0.6 is 0 Å². The van der Waals surface area contributed by atoms with Gasteiger partial charge in [-0.15, -0.1) is 0 Å². The van der Waals surface area contributed by atoms with Crippen molar-refractivity contribution >= 4 is 11.4 Å². The van der Waals surface area contributed by atoms with Gasteiger partial charge < -0.3 is 9.73 Å². The van der Waals surface area contributed by atoms with E-state index in [0.29, 0.717) is 12.3 Å². The highest BCUT2D eigenvalue weighted by Crippen LogP contribution is 2.22. The lowest BCUT2D eigenvalue weighted by Crippen LogP contribution is -2.01. The topological polar surface area (TPSA) is 81.2 Å². The van der Waals surface area contributed by atoms with Gasteiger partial charge in [-0.1, -0.05) is 6.07 Å². The second-order valence-electron chi connectivity index (χ2n) is 3.58. The molecule has 0 fully saturated rings. The van der Waals surface area contributed by atoms with Crippen molar-refractivity contribution in [1.29, 1.82) is 0 Å². The average Bonchev–Trinajstić information content (AvgIpc) is 2.80. The lowest BCUT2D eigenvalue weighted by atomic mass is 10.2. The summed E-state index contributed by atoms with van der Waals surface area (Å²) in [5, 5.41) is 13.7. The highest BCUT2D eigenvalue weighted by molar-refractivity contribution is 5.56. The van der Waals surface area contributed by atoms with Crippen molar-refractivity contribution < 1.29 is 9.34 Å². The zero-order valence-electron chi connectivity index (χ0n) is 9.21. The van der Waals surface area contributed by atoms with Crippen molar-refractivity contribution in [3.63, 3.8) is 0 Å². The third-order valence-corrected chi connectivity index (χ3v) is 2.37. The Morgan fingerprint density at radius 2 is 2.35 bits per heavy atom. The Bertz CT molecular complexity index is 523. The number of anilines is 1. The number of benzene rings is 1. The van der Waals surface area contributed by atoms with Gasteiger partial charge in [-0.25, -0.2) is 4.98 Å². The number of hydrogen-bond acceptors (Lipinski definition) is 5. The van der Waals surface area contributed by atoms with Crippen LogP contribution in [0.4, 0.5) is 11.4 Å². The van der Waals surface area contributed by atoms with E-state index in [-0.39, 0.29) is 5.69 Å². The van der Waals surface area contributed by atoms with E-state index in [4.69, 9.17) is 4.42 Å². The third-order valence-electron chi connectivity index (χ3n) is 2.37. The van der Waals surface area contributed by atoms with E-state index in [0.717, 1.165) is 11.3 Å². The Kier molecular flexibility index (Phi) is 3.04. The van der Waals surface area contributed by atoms with Crippen molar-refractivity contribution in [2.75, 3.05) is 5.32 Å². The summed E-state index contributed by atoms with van der Waals surface area (Å²) in [6.45, 7) is 2.33. The maximum atomic E-state index is 10.6. The van der Waals surface area contributed by atoms with Gasteiger partial charge in [-0.05, 0) is 12.5 Å². The van der Waals surface area contributed by atoms with Crippen LogP contribution in [-0.4, -0.2) is 9.91 Å². The smallest absolute Gasteiger partial charge is 0.271 e. The summed E-state index contributed by atoms with van der Waals surface area (Å²) < 4.78 is 5.07. The molecule has 1 heterocycles. The molecule has 0 atom stereocenters. The van der Waals surface area contributed by atoms with Gasteiger partial charge in [0, 0.05) is 17.8 Å². The predicted molar refractivity (Wildman–Crippen MR) is 61.7 cm³/mol. The largest absolute Gasteiger partial charge is 0.447 e. The number of rotatable bonds is 4. The highest BCUT2D eigenvalue weighted by Gasteiger charge is 2.08. The highest BCUT2D eigenvalue weighted by atomic mass is 16.6. The molecule has 1 aromatic heterocycles. The first-order valence-electron chi connectivity index (χ1n) is 5.03. The van der Waals surface area contributed by atoms with Crippen molar-refractivity contribution in [2.24, 2.45) is 0 Å². The molecule has 2 aromatic rings. The van der Waals surface area contributed by atoms with Crippen LogP contribution in [-0.2, 0) is 6.54 Å². The molecule has 0 bridgehead atoms. The Hall–Kier alpha value is -2.37. The first kappa shape index (κ1) is 11.1. The number of nitro benzene ring substituents is 1. The van der Waals surface area contributed by atoms with Gasteiger partial charge in [0.05, 0.1) is 17.7 Å². The zero-order chi connectivity index (χ0) is 12.3. The molecule has 2 rings (SSSR count). The summed E-state index contributed by atoms with van der Waals surface area (Å²) in [7, 11) is 0. The van der Waals surface area contributed by atoms with Gasteiger partial charge in [0.15, 0.2) is 6.39 Å². The molecule has 6 nitrogen and oxygen atoms in total. The molecule has 0 aliphatic heterocycles. The third kappa shape index (κ3) is 2.60. The molecular formula is C11H11N3O3. The number of nitrogens with one attached hydrogen (secondary N) is 1. The van der Waals surface area contributed by atoms with E-state index in [1.54, 1.807) is 12.3 Å². The maximum absolute atomic E-state index is 10.6. The molecule has 17 heavy (non-hydrogen) atoms. The van der Waals surface area contributed by atoms with Crippen LogP contribution in [0.1, 0.15) is 11.3 Å². The number of aromatic nitrogens is 1. The van der Waals surface area contributed by atoms with E-state index in [1.165, 1.54) is 18.5 Å². The molecule has 1 aromatic carbocycles. The number of nitrogens with zero attached hydrogens (tertiary/aromatic N) is 2. The lowest BCUT2D eigenvalue weighted by Gasteiger charge is -2.07. The zero-order valence-corrected chi connectivity index (χ0v) is 9.21. The molecule has 6 heteroatoms. The van der Waals surface area contributed by atoms with Crippen LogP contribution in [0, 0.1) is 17.0 Å². The second-order valence-corrected chi connectivity index (χ2v) is 3.58. The Morgan fingerprint density at radius 3 is 3.00 bits per heavy atom. The Labute approximate surface area is 97.4 Å². The molecule has 0 saturated carbocycles. The van der Waals surface area contributed by atoms with Crippen molar-refractivity contribution in [3.8, 4) is 0 Å². The number of hydrogen-bond donors (Lipinski definition) is 1. The summed E-state index contributed by atoms with van der Waals surface area (Å²) in [5.74, 6) is 0.677. The Balaban J connectivity index is 2.14. The lowest BCUT2D eigenvalue weighted by molar-refractivity contribution is -0.384. The molecule has 0 unspecified atom stereocenters. The maximum Gasteiger partial charge on any atom is 0.271 e. The predicted octanol–water partition coefficient (Wildman–Crippen LogP) is 2.50. The van der Waals surface area contributed by atoms with Gasteiger partial charge in [0.25, 0.3) is 5.69 Å². The summed E-state index contributed by atoms with van der Waals surface area (Å²) in [6.07, 6.45) is 2.94. The molecule has 0 amide bonds. The molecule has 1 N–H and O–H groups in total. The van der Waals surface area contributed by atoms with E-state index in [9.17, 15) is 10.1 Å². The van der Waals surface area contributed by atoms with Gasteiger partial charge in [-0.3, -0.25) is 10.1 Å². The SMILES string of the molecule is Cc1ccc([N+](=O)[O-])cc1NCc1cnco1. The van der Waals surface area contributed by atoms with Gasteiger partial charge in [0.2, 0.25) is 0 Å². The number of oxazole rings is 1. The molecule has 0 saturated heterocycles. The first-order valence-corrected chi connectivity index (χ1v) is 5.03. The molecule has 0 aliphatic rings. The van der Waals surface area contributed by atoms with Gasteiger partial charge in [0.1, 0.15) is 5.76 Å². The number of nitro groups is 1. The number of aryl methyl sites for hydroxylation is 1. The second kappa shape index (κ2) is 4.65. The summed E-state index contributed by atoms with van der Waals surface area (Å²) in [4.78, 5) is 14.0. The van der Waals surface area contributed by atoms with E-state index < -0.39 is 4.92 Å². The molecular weight excluding hydrogens is 222 g/mol. The van der Waals surface area contributed by atoms with Crippen LogP contribution in [0.5, 0.6) is 0 Å². The standard InChI is InChI=1S/C11H11N3O3/c1-8-2-3-9(14(15)16)4-11(8)13-6-10-5-12-7-17-10/h2-5,7,13H,6H2,1H3. The molecule has 88 valence electrons. The van der Waals surface area contributed by atoms with Crippen molar-refractivity contribution in [3.05, 3.63) is 52.2 Å². The minimum Gasteiger partial charge on any atom is -0.447 e. The average molecular weight is 233 g/mol. The molecule has 0 aliphatic carbocycles. The summed E-state index contributed by atoms with van der Waals surface area (Å²) >= 11 is 0. The van der Waals surface area contributed by atoms with Gasteiger partial charge >= 0.3 is 0 Å².